The van der Waals surface area contributed by atoms with Gasteiger partial charge < -0.3 is 4.42 Å². The van der Waals surface area contributed by atoms with Crippen molar-refractivity contribution in [1.29, 1.82) is 0 Å². The number of rotatable bonds is 5. The maximum Gasteiger partial charge on any atom is 0.274 e. The molecule has 0 aromatic carbocycles. The fraction of sp³-hybridized carbons (Fsp3) is 0.786. The predicted octanol–water partition coefficient (Wildman–Crippen LogP) is 0.977. The molecule has 1 fully saturated rings. The number of oxazole rings is 1. The van der Waals surface area contributed by atoms with Crippen LogP contribution < -0.4 is 9.86 Å². The summed E-state index contributed by atoms with van der Waals surface area (Å²) in [5, 5.41) is 4.98. The van der Waals surface area contributed by atoms with Crippen LogP contribution in [0.25, 0.3) is 0 Å². The summed E-state index contributed by atoms with van der Waals surface area (Å²) in [6, 6.07) is 0. The van der Waals surface area contributed by atoms with Gasteiger partial charge in [0.2, 0.25) is 5.89 Å². The summed E-state index contributed by atoms with van der Waals surface area (Å²) in [4.78, 5) is 6.59. The lowest BCUT2D eigenvalue weighted by molar-refractivity contribution is 0.154. The molecule has 1 saturated heterocycles. The number of likely N-dealkylation sites (tertiary alicyclic amines) is 1. The van der Waals surface area contributed by atoms with Crippen molar-refractivity contribution in [3.63, 3.8) is 0 Å². The molecule has 22 heavy (non-hydrogen) atoms. The van der Waals surface area contributed by atoms with E-state index in [0.29, 0.717) is 19.0 Å². The maximum atomic E-state index is 11.0. The van der Waals surface area contributed by atoms with Gasteiger partial charge in [-0.05, 0) is 25.3 Å². The average molecular weight is 330 g/mol. The van der Waals surface area contributed by atoms with Crippen LogP contribution in [0.2, 0.25) is 0 Å². The molecule has 7 nitrogen and oxygen atoms in total. The molecule has 1 aromatic rings. The average Bonchev–Trinajstić information content (AvgIpc) is 2.84. The van der Waals surface area contributed by atoms with Crippen molar-refractivity contribution in [2.75, 3.05) is 19.6 Å². The van der Waals surface area contributed by atoms with Gasteiger partial charge in [-0.3, -0.25) is 4.90 Å². The number of piperidine rings is 1. The van der Waals surface area contributed by atoms with Crippen LogP contribution in [0.15, 0.2) is 10.6 Å². The number of nitrogens with one attached hydrogen (secondary N) is 1. The highest BCUT2D eigenvalue weighted by atomic mass is 32.2. The molecule has 0 radical (unpaired) electrons. The number of hydrogen-bond acceptors (Lipinski definition) is 5. The van der Waals surface area contributed by atoms with Gasteiger partial charge in [-0.2, -0.15) is 8.42 Å². The molecule has 126 valence electrons. The first-order valence-electron chi connectivity index (χ1n) is 7.58. The van der Waals surface area contributed by atoms with E-state index in [0.717, 1.165) is 31.7 Å². The third-order valence-corrected chi connectivity index (χ3v) is 4.40. The number of hydrogen-bond donors (Lipinski definition) is 2. The van der Waals surface area contributed by atoms with Gasteiger partial charge in [-0.1, -0.05) is 20.8 Å². The Morgan fingerprint density at radius 3 is 2.82 bits per heavy atom. The molecule has 0 saturated carbocycles. The highest BCUT2D eigenvalue weighted by Crippen LogP contribution is 2.24. The zero-order valence-electron chi connectivity index (χ0n) is 13.5. The van der Waals surface area contributed by atoms with Gasteiger partial charge in [0, 0.05) is 18.5 Å². The fourth-order valence-electron chi connectivity index (χ4n) is 2.62. The summed E-state index contributed by atoms with van der Waals surface area (Å²) in [5.41, 5.74) is -0.0465. The van der Waals surface area contributed by atoms with Crippen molar-refractivity contribution in [3.8, 4) is 0 Å². The van der Waals surface area contributed by atoms with Crippen LogP contribution in [0.4, 0.5) is 0 Å². The van der Waals surface area contributed by atoms with Crippen molar-refractivity contribution >= 4 is 10.2 Å². The third kappa shape index (κ3) is 5.35. The third-order valence-electron chi connectivity index (χ3n) is 3.83. The molecule has 1 aliphatic rings. The van der Waals surface area contributed by atoms with Crippen LogP contribution in [0.1, 0.15) is 45.3 Å². The van der Waals surface area contributed by atoms with E-state index in [1.54, 1.807) is 6.20 Å². The molecule has 1 aromatic heterocycles. The van der Waals surface area contributed by atoms with E-state index >= 15 is 0 Å². The van der Waals surface area contributed by atoms with E-state index in [2.05, 4.69) is 35.4 Å². The molecule has 1 aliphatic heterocycles. The van der Waals surface area contributed by atoms with Crippen LogP contribution in [-0.4, -0.2) is 37.9 Å². The smallest absolute Gasteiger partial charge is 0.274 e. The van der Waals surface area contributed by atoms with Crippen LogP contribution in [-0.2, 0) is 22.2 Å². The lowest BCUT2D eigenvalue weighted by atomic mass is 9.94. The molecular formula is C14H26N4O3S. The number of aromatic nitrogens is 1. The first-order valence-corrected chi connectivity index (χ1v) is 9.13. The van der Waals surface area contributed by atoms with Gasteiger partial charge in [-0.25, -0.2) is 14.8 Å². The van der Waals surface area contributed by atoms with Gasteiger partial charge in [-0.15, -0.1) is 0 Å². The van der Waals surface area contributed by atoms with E-state index in [-0.39, 0.29) is 11.3 Å². The second-order valence-electron chi connectivity index (χ2n) is 7.01. The molecule has 8 heteroatoms. The number of nitrogens with zero attached hydrogens (tertiary/aromatic N) is 2. The second kappa shape index (κ2) is 6.66. The summed E-state index contributed by atoms with van der Waals surface area (Å²) < 4.78 is 30.1. The Morgan fingerprint density at radius 2 is 2.23 bits per heavy atom. The first kappa shape index (κ1) is 17.4. The molecule has 0 spiro atoms. The highest BCUT2D eigenvalue weighted by molar-refractivity contribution is 7.87. The van der Waals surface area contributed by atoms with Gasteiger partial charge in [0.25, 0.3) is 10.2 Å². The molecule has 3 N–H and O–H groups in total. The molecule has 2 heterocycles. The Hall–Kier alpha value is -0.960. The largest absolute Gasteiger partial charge is 0.444 e. The lowest BCUT2D eigenvalue weighted by Gasteiger charge is -2.31. The number of nitrogens with two attached hydrogens (primary N) is 1. The monoisotopic (exact) mass is 330 g/mol. The molecule has 0 aliphatic carbocycles. The van der Waals surface area contributed by atoms with E-state index in [1.807, 2.05) is 0 Å². The minimum absolute atomic E-state index is 0.0465. The van der Waals surface area contributed by atoms with Gasteiger partial charge in [0.1, 0.15) is 5.76 Å². The van der Waals surface area contributed by atoms with Crippen molar-refractivity contribution in [2.24, 2.45) is 11.1 Å². The SMILES string of the molecule is CC(C)(C)c1cnc(CN2CCC[C@H](CNS(N)(=O)=O)C2)o1. The van der Waals surface area contributed by atoms with E-state index in [4.69, 9.17) is 9.56 Å². The van der Waals surface area contributed by atoms with E-state index in [9.17, 15) is 8.42 Å². The molecule has 2 rings (SSSR count). The van der Waals surface area contributed by atoms with Gasteiger partial charge in [0.05, 0.1) is 12.7 Å². The molecular weight excluding hydrogens is 304 g/mol. The predicted molar refractivity (Wildman–Crippen MR) is 84.3 cm³/mol. The van der Waals surface area contributed by atoms with Gasteiger partial charge >= 0.3 is 0 Å². The normalized spacial score (nSPS) is 21.2. The van der Waals surface area contributed by atoms with Crippen molar-refractivity contribution in [1.82, 2.24) is 14.6 Å². The maximum absolute atomic E-state index is 11.0. The van der Waals surface area contributed by atoms with Gasteiger partial charge in [0.15, 0.2) is 0 Å². The highest BCUT2D eigenvalue weighted by Gasteiger charge is 2.24. The molecule has 0 unspecified atom stereocenters. The van der Waals surface area contributed by atoms with Crippen LogP contribution in [0, 0.1) is 5.92 Å². The topological polar surface area (TPSA) is 101 Å². The first-order chi connectivity index (χ1) is 10.1. The lowest BCUT2D eigenvalue weighted by Crippen LogP contribution is -2.42. The van der Waals surface area contributed by atoms with E-state index in [1.165, 1.54) is 0 Å². The zero-order valence-corrected chi connectivity index (χ0v) is 14.3. The van der Waals surface area contributed by atoms with E-state index < -0.39 is 10.2 Å². The Morgan fingerprint density at radius 1 is 1.50 bits per heavy atom. The van der Waals surface area contributed by atoms with Crippen LogP contribution in [0.5, 0.6) is 0 Å². The minimum Gasteiger partial charge on any atom is -0.444 e. The Bertz CT molecular complexity index is 591. The van der Waals surface area contributed by atoms with Crippen molar-refractivity contribution in [3.05, 3.63) is 17.8 Å². The second-order valence-corrected chi connectivity index (χ2v) is 8.38. The summed E-state index contributed by atoms with van der Waals surface area (Å²) in [7, 11) is -3.61. The summed E-state index contributed by atoms with van der Waals surface area (Å²) in [6.07, 6.45) is 3.82. The Labute approximate surface area is 132 Å². The van der Waals surface area contributed by atoms with Crippen molar-refractivity contribution < 1.29 is 12.8 Å². The molecule has 0 amide bonds. The summed E-state index contributed by atoms with van der Waals surface area (Å²) in [5.74, 6) is 1.86. The summed E-state index contributed by atoms with van der Waals surface area (Å²) >= 11 is 0. The van der Waals surface area contributed by atoms with Crippen LogP contribution in [0.3, 0.4) is 0 Å². The standard InChI is InChI=1S/C14H26N4O3S/c1-14(2,3)12-8-16-13(21-12)10-18-6-4-5-11(9-18)7-17-22(15,19)20/h8,11,17H,4-7,9-10H2,1-3H3,(H2,15,19,20)/t11-/m1/s1. The zero-order chi connectivity index (χ0) is 16.4. The Kier molecular flexibility index (Phi) is 5.26. The minimum atomic E-state index is -3.61. The van der Waals surface area contributed by atoms with Crippen LogP contribution >= 0.6 is 0 Å². The summed E-state index contributed by atoms with van der Waals surface area (Å²) in [6.45, 7) is 9.10. The molecule has 1 atom stereocenters. The molecule has 0 bridgehead atoms. The Balaban J connectivity index is 1.89. The van der Waals surface area contributed by atoms with Crippen molar-refractivity contribution in [2.45, 2.75) is 45.6 Å². The fourth-order valence-corrected chi connectivity index (χ4v) is 3.08. The quantitative estimate of drug-likeness (QED) is 0.838.